The number of ether oxygens (including phenoxy) is 1. The predicted molar refractivity (Wildman–Crippen MR) is 92.9 cm³/mol. The molecular formula is C17H27BrN2O. The zero-order valence-corrected chi connectivity index (χ0v) is 14.9. The topological polar surface area (TPSA) is 24.5 Å². The minimum Gasteiger partial charge on any atom is -0.383 e. The van der Waals surface area contributed by atoms with Gasteiger partial charge in [-0.05, 0) is 43.4 Å². The van der Waals surface area contributed by atoms with E-state index in [4.69, 9.17) is 4.74 Å². The minimum atomic E-state index is 0.638. The molecule has 1 N–H and O–H groups in total. The molecule has 2 rings (SSSR count). The second-order valence-electron chi connectivity index (χ2n) is 6.13. The number of halogens is 1. The monoisotopic (exact) mass is 354 g/mol. The van der Waals surface area contributed by atoms with Gasteiger partial charge in [0, 0.05) is 42.9 Å². The first-order chi connectivity index (χ1) is 10.1. The van der Waals surface area contributed by atoms with E-state index in [2.05, 4.69) is 58.2 Å². The van der Waals surface area contributed by atoms with Gasteiger partial charge in [0.05, 0.1) is 6.61 Å². The van der Waals surface area contributed by atoms with E-state index in [0.717, 1.165) is 25.6 Å². The molecule has 1 aromatic carbocycles. The van der Waals surface area contributed by atoms with E-state index in [9.17, 15) is 0 Å². The number of anilines is 1. The van der Waals surface area contributed by atoms with Gasteiger partial charge >= 0.3 is 0 Å². The fourth-order valence-electron chi connectivity index (χ4n) is 2.90. The van der Waals surface area contributed by atoms with Gasteiger partial charge in [-0.2, -0.15) is 0 Å². The number of hydrogen-bond donors (Lipinski definition) is 1. The van der Waals surface area contributed by atoms with Gasteiger partial charge < -0.3 is 15.0 Å². The molecule has 0 amide bonds. The molecule has 2 atom stereocenters. The Balaban J connectivity index is 2.00. The highest BCUT2D eigenvalue weighted by atomic mass is 79.9. The highest BCUT2D eigenvalue weighted by Gasteiger charge is 2.23. The Morgan fingerprint density at radius 3 is 2.86 bits per heavy atom. The normalized spacial score (nSPS) is 22.6. The summed E-state index contributed by atoms with van der Waals surface area (Å²) in [6, 6.07) is 7.39. The molecule has 1 aliphatic rings. The Kier molecular flexibility index (Phi) is 6.52. The van der Waals surface area contributed by atoms with E-state index in [0.29, 0.717) is 6.04 Å². The molecule has 0 spiro atoms. The van der Waals surface area contributed by atoms with Gasteiger partial charge in [-0.15, -0.1) is 0 Å². The van der Waals surface area contributed by atoms with Gasteiger partial charge in [-0.3, -0.25) is 0 Å². The standard InChI is InChI=1S/C17H27BrN2O/c1-13-4-5-14(2)20(12-13)16-7-6-15(17(18)10-16)11-19-8-9-21-3/h6-7,10,13-14,19H,4-5,8-9,11-12H2,1-3H3. The average molecular weight is 355 g/mol. The van der Waals surface area contributed by atoms with Crippen LogP contribution in [-0.2, 0) is 11.3 Å². The molecule has 1 saturated heterocycles. The molecule has 0 saturated carbocycles. The number of methoxy groups -OCH3 is 1. The second-order valence-corrected chi connectivity index (χ2v) is 6.98. The molecule has 1 fully saturated rings. The Hall–Kier alpha value is -0.580. The van der Waals surface area contributed by atoms with E-state index in [1.807, 2.05) is 0 Å². The van der Waals surface area contributed by atoms with E-state index in [1.165, 1.54) is 35.1 Å². The highest BCUT2D eigenvalue weighted by Crippen LogP contribution is 2.30. The van der Waals surface area contributed by atoms with Crippen LogP contribution in [0, 0.1) is 5.92 Å². The molecule has 21 heavy (non-hydrogen) atoms. The summed E-state index contributed by atoms with van der Waals surface area (Å²) in [6.07, 6.45) is 2.64. The number of rotatable bonds is 6. The molecule has 3 nitrogen and oxygen atoms in total. The summed E-state index contributed by atoms with van der Waals surface area (Å²) in [5, 5.41) is 3.39. The van der Waals surface area contributed by atoms with Crippen LogP contribution in [-0.4, -0.2) is 32.8 Å². The van der Waals surface area contributed by atoms with Crippen molar-refractivity contribution in [2.24, 2.45) is 5.92 Å². The molecule has 1 aromatic rings. The lowest BCUT2D eigenvalue weighted by molar-refractivity contribution is 0.199. The van der Waals surface area contributed by atoms with Crippen LogP contribution in [0.15, 0.2) is 22.7 Å². The van der Waals surface area contributed by atoms with Gasteiger partial charge in [-0.25, -0.2) is 0 Å². The van der Waals surface area contributed by atoms with Crippen LogP contribution >= 0.6 is 15.9 Å². The molecule has 0 bridgehead atoms. The van der Waals surface area contributed by atoms with Crippen LogP contribution in [0.5, 0.6) is 0 Å². The maximum absolute atomic E-state index is 5.05. The summed E-state index contributed by atoms with van der Waals surface area (Å²) >= 11 is 3.72. The fraction of sp³-hybridized carbons (Fsp3) is 0.647. The van der Waals surface area contributed by atoms with Crippen LogP contribution in [0.4, 0.5) is 5.69 Å². The van der Waals surface area contributed by atoms with Crippen molar-refractivity contribution < 1.29 is 4.74 Å². The average Bonchev–Trinajstić information content (AvgIpc) is 2.47. The lowest BCUT2D eigenvalue weighted by Gasteiger charge is -2.38. The smallest absolute Gasteiger partial charge is 0.0587 e. The third-order valence-corrected chi connectivity index (χ3v) is 5.02. The van der Waals surface area contributed by atoms with Gasteiger partial charge in [0.15, 0.2) is 0 Å². The summed E-state index contributed by atoms with van der Waals surface area (Å²) in [5.41, 5.74) is 2.63. The summed E-state index contributed by atoms with van der Waals surface area (Å²) in [5.74, 6) is 0.787. The number of nitrogens with zero attached hydrogens (tertiary/aromatic N) is 1. The summed E-state index contributed by atoms with van der Waals surface area (Å²) in [6.45, 7) is 8.35. The van der Waals surface area contributed by atoms with Crippen molar-refractivity contribution in [2.75, 3.05) is 31.7 Å². The molecule has 1 aliphatic heterocycles. The largest absolute Gasteiger partial charge is 0.383 e. The molecule has 1 heterocycles. The molecule has 0 radical (unpaired) electrons. The lowest BCUT2D eigenvalue weighted by atomic mass is 9.94. The first-order valence-corrected chi connectivity index (χ1v) is 8.66. The van der Waals surface area contributed by atoms with Crippen molar-refractivity contribution in [3.8, 4) is 0 Å². The summed E-state index contributed by atoms with van der Waals surface area (Å²) in [4.78, 5) is 2.54. The number of benzene rings is 1. The molecule has 0 aromatic heterocycles. The number of piperidine rings is 1. The maximum atomic E-state index is 5.05. The van der Waals surface area contributed by atoms with E-state index in [-0.39, 0.29) is 0 Å². The zero-order chi connectivity index (χ0) is 15.2. The van der Waals surface area contributed by atoms with E-state index in [1.54, 1.807) is 7.11 Å². The first kappa shape index (κ1) is 16.8. The zero-order valence-electron chi connectivity index (χ0n) is 13.4. The second kappa shape index (κ2) is 8.16. The SMILES string of the molecule is COCCNCc1ccc(N2CC(C)CCC2C)cc1Br. The molecule has 118 valence electrons. The third-order valence-electron chi connectivity index (χ3n) is 4.28. The Labute approximate surface area is 137 Å². The van der Waals surface area contributed by atoms with Crippen LogP contribution < -0.4 is 10.2 Å². The van der Waals surface area contributed by atoms with Gasteiger partial charge in [0.2, 0.25) is 0 Å². The fourth-order valence-corrected chi connectivity index (χ4v) is 3.41. The number of hydrogen-bond acceptors (Lipinski definition) is 3. The molecule has 2 unspecified atom stereocenters. The van der Waals surface area contributed by atoms with Crippen LogP contribution in [0.1, 0.15) is 32.3 Å². The van der Waals surface area contributed by atoms with E-state index < -0.39 is 0 Å². The van der Waals surface area contributed by atoms with Crippen molar-refractivity contribution in [1.29, 1.82) is 0 Å². The van der Waals surface area contributed by atoms with Crippen molar-refractivity contribution in [3.63, 3.8) is 0 Å². The Morgan fingerprint density at radius 1 is 1.33 bits per heavy atom. The van der Waals surface area contributed by atoms with Crippen molar-refractivity contribution in [1.82, 2.24) is 5.32 Å². The molecular weight excluding hydrogens is 328 g/mol. The van der Waals surface area contributed by atoms with Crippen LogP contribution in [0.25, 0.3) is 0 Å². The van der Waals surface area contributed by atoms with Gasteiger partial charge in [0.1, 0.15) is 0 Å². The highest BCUT2D eigenvalue weighted by molar-refractivity contribution is 9.10. The van der Waals surface area contributed by atoms with Gasteiger partial charge in [0.25, 0.3) is 0 Å². The van der Waals surface area contributed by atoms with Gasteiger partial charge in [-0.1, -0.05) is 28.9 Å². The maximum Gasteiger partial charge on any atom is 0.0587 e. The van der Waals surface area contributed by atoms with Crippen molar-refractivity contribution >= 4 is 21.6 Å². The van der Waals surface area contributed by atoms with Crippen molar-refractivity contribution in [3.05, 3.63) is 28.2 Å². The lowest BCUT2D eigenvalue weighted by Crippen LogP contribution is -2.41. The molecule has 0 aliphatic carbocycles. The first-order valence-electron chi connectivity index (χ1n) is 7.86. The quantitative estimate of drug-likeness (QED) is 0.786. The Morgan fingerprint density at radius 2 is 2.14 bits per heavy atom. The predicted octanol–water partition coefficient (Wildman–Crippen LogP) is 3.81. The van der Waals surface area contributed by atoms with Crippen molar-refractivity contribution in [2.45, 2.75) is 39.3 Å². The number of nitrogens with one attached hydrogen (secondary N) is 1. The minimum absolute atomic E-state index is 0.638. The Bertz CT molecular complexity index is 452. The summed E-state index contributed by atoms with van der Waals surface area (Å²) < 4.78 is 6.24. The third kappa shape index (κ3) is 4.70. The molecule has 4 heteroatoms. The van der Waals surface area contributed by atoms with E-state index >= 15 is 0 Å². The van der Waals surface area contributed by atoms with Crippen LogP contribution in [0.2, 0.25) is 0 Å². The summed E-state index contributed by atoms with van der Waals surface area (Å²) in [7, 11) is 1.73. The van der Waals surface area contributed by atoms with Crippen LogP contribution in [0.3, 0.4) is 0 Å².